The molecule has 2 atom stereocenters. The molecule has 10 heteroatoms. The van der Waals surface area contributed by atoms with Crippen molar-refractivity contribution in [1.82, 2.24) is 13.5 Å². The van der Waals surface area contributed by atoms with Gasteiger partial charge in [-0.15, -0.1) is 0 Å². The summed E-state index contributed by atoms with van der Waals surface area (Å²) >= 11 is 0. The molecule has 210 valence electrons. The van der Waals surface area contributed by atoms with Crippen LogP contribution < -0.4 is 0 Å². The second-order valence-corrected chi connectivity index (χ2v) is 14.7. The van der Waals surface area contributed by atoms with Crippen LogP contribution in [0.3, 0.4) is 0 Å². The molecule has 1 aliphatic rings. The van der Waals surface area contributed by atoms with Gasteiger partial charge >= 0.3 is 0 Å². The Morgan fingerprint density at radius 1 is 0.684 bits per heavy atom. The summed E-state index contributed by atoms with van der Waals surface area (Å²) < 4.78 is 58.8. The number of sulfonamides is 2. The Hall–Kier alpha value is -2.27. The van der Waals surface area contributed by atoms with Gasteiger partial charge in [0.1, 0.15) is 0 Å². The number of aryl methyl sites for hydroxylation is 2. The fraction of sp³-hybridized carbons (Fsp3) is 0.536. The maximum absolute atomic E-state index is 14.0. The summed E-state index contributed by atoms with van der Waals surface area (Å²) in [6.45, 7) is 13.2. The van der Waals surface area contributed by atoms with E-state index in [0.29, 0.717) is 0 Å². The van der Waals surface area contributed by atoms with Gasteiger partial charge in [0.25, 0.3) is 0 Å². The maximum atomic E-state index is 14.0. The van der Waals surface area contributed by atoms with Crippen LogP contribution in [-0.2, 0) is 24.8 Å². The molecule has 0 saturated carbocycles. The van der Waals surface area contributed by atoms with Crippen LogP contribution in [0.1, 0.15) is 45.7 Å². The number of nitrogens with zero attached hydrogens (tertiary/aromatic N) is 3. The lowest BCUT2D eigenvalue weighted by Crippen LogP contribution is -2.51. The molecule has 1 aliphatic heterocycles. The number of hydrogen-bond acceptors (Lipinski definition) is 5. The maximum Gasteiger partial charge on any atom is 0.243 e. The first-order valence-corrected chi connectivity index (χ1v) is 16.0. The van der Waals surface area contributed by atoms with Gasteiger partial charge in [0, 0.05) is 45.2 Å². The summed E-state index contributed by atoms with van der Waals surface area (Å²) in [5.41, 5.74) is 1.87. The van der Waals surface area contributed by atoms with Crippen molar-refractivity contribution < 1.29 is 21.6 Å². The molecule has 0 unspecified atom stereocenters. The normalized spacial score (nSPS) is 20.8. The molecule has 2 aromatic rings. The van der Waals surface area contributed by atoms with Gasteiger partial charge in [-0.05, 0) is 49.9 Å². The lowest BCUT2D eigenvalue weighted by Gasteiger charge is -2.37. The molecule has 38 heavy (non-hydrogen) atoms. The van der Waals surface area contributed by atoms with Crippen molar-refractivity contribution in [3.63, 3.8) is 0 Å². The minimum absolute atomic E-state index is 0.0287. The monoisotopic (exact) mass is 563 g/mol. The van der Waals surface area contributed by atoms with E-state index in [-0.39, 0.29) is 53.7 Å². The zero-order valence-electron chi connectivity index (χ0n) is 23.5. The Bertz CT molecular complexity index is 1220. The largest absolute Gasteiger partial charge is 0.340 e. The number of hydrogen-bond donors (Lipinski definition) is 0. The van der Waals surface area contributed by atoms with Gasteiger partial charge < -0.3 is 4.90 Å². The number of rotatable bonds is 6. The highest BCUT2D eigenvalue weighted by Gasteiger charge is 2.41. The summed E-state index contributed by atoms with van der Waals surface area (Å²) in [4.78, 5) is 14.7. The quantitative estimate of drug-likeness (QED) is 0.531. The van der Waals surface area contributed by atoms with E-state index in [1.807, 2.05) is 41.5 Å². The van der Waals surface area contributed by atoms with Gasteiger partial charge in [-0.1, -0.05) is 63.1 Å². The summed E-state index contributed by atoms with van der Waals surface area (Å²) in [5, 5.41) is 0. The highest BCUT2D eigenvalue weighted by atomic mass is 32.2. The van der Waals surface area contributed by atoms with E-state index in [9.17, 15) is 21.6 Å². The van der Waals surface area contributed by atoms with E-state index >= 15 is 0 Å². The van der Waals surface area contributed by atoms with Crippen LogP contribution in [-0.4, -0.2) is 74.5 Å². The summed E-state index contributed by atoms with van der Waals surface area (Å²) in [7, 11) is -7.96. The van der Waals surface area contributed by atoms with Crippen molar-refractivity contribution >= 4 is 26.0 Å². The summed E-state index contributed by atoms with van der Waals surface area (Å²) in [6, 6.07) is 12.3. The second kappa shape index (κ2) is 11.9. The molecule has 1 amide bonds. The Kier molecular flexibility index (Phi) is 9.45. The van der Waals surface area contributed by atoms with Gasteiger partial charge in [-0.3, -0.25) is 4.79 Å². The van der Waals surface area contributed by atoms with Crippen molar-refractivity contribution in [1.29, 1.82) is 0 Å². The Labute approximate surface area is 228 Å². The summed E-state index contributed by atoms with van der Waals surface area (Å²) in [5.74, 6) is -0.451. The molecule has 0 aliphatic carbocycles. The lowest BCUT2D eigenvalue weighted by atomic mass is 10.0. The predicted molar refractivity (Wildman–Crippen MR) is 150 cm³/mol. The van der Waals surface area contributed by atoms with Gasteiger partial charge in [0.15, 0.2) is 0 Å². The van der Waals surface area contributed by atoms with Crippen LogP contribution in [0.5, 0.6) is 0 Å². The SMILES string of the molecule is CC(=O)N1C[C@H](C(C)C)N(S(=O)(=O)c2ccc(C)cc2)CCN(S(=O)(=O)c2ccc(C)cc2)[C@@H](C(C)C)C1. The van der Waals surface area contributed by atoms with E-state index in [4.69, 9.17) is 0 Å². The third kappa shape index (κ3) is 6.47. The second-order valence-electron chi connectivity index (χ2n) is 10.9. The van der Waals surface area contributed by atoms with Crippen molar-refractivity contribution in [2.45, 2.75) is 70.3 Å². The Balaban J connectivity index is 2.18. The van der Waals surface area contributed by atoms with Crippen molar-refractivity contribution in [2.24, 2.45) is 11.8 Å². The van der Waals surface area contributed by atoms with Crippen LogP contribution in [0.15, 0.2) is 58.3 Å². The summed E-state index contributed by atoms with van der Waals surface area (Å²) in [6.07, 6.45) is 0. The molecule has 0 bridgehead atoms. The van der Waals surface area contributed by atoms with Crippen molar-refractivity contribution in [3.8, 4) is 0 Å². The van der Waals surface area contributed by atoms with Gasteiger partial charge in [0.05, 0.1) is 9.79 Å². The van der Waals surface area contributed by atoms with E-state index in [1.54, 1.807) is 53.4 Å². The third-order valence-corrected chi connectivity index (χ3v) is 11.2. The first-order valence-electron chi connectivity index (χ1n) is 13.1. The van der Waals surface area contributed by atoms with Crippen LogP contribution in [0.4, 0.5) is 0 Å². The highest BCUT2D eigenvalue weighted by Crippen LogP contribution is 2.29. The van der Waals surface area contributed by atoms with Crippen LogP contribution in [0.25, 0.3) is 0 Å². The zero-order valence-corrected chi connectivity index (χ0v) is 25.1. The number of benzene rings is 2. The standard InChI is InChI=1S/C28H41N3O5S2/c1-20(2)27-18-29(24(7)32)19-28(21(3)4)31(38(35,36)26-14-10-23(6)11-15-26)17-16-30(27)37(33,34)25-12-8-22(5)9-13-25/h8-15,20-21,27-28H,16-19H2,1-7H3/t27-,28-/m1/s1. The minimum Gasteiger partial charge on any atom is -0.340 e. The molecule has 0 aromatic heterocycles. The molecule has 8 nitrogen and oxygen atoms in total. The molecular weight excluding hydrogens is 522 g/mol. The number of amides is 1. The zero-order chi connectivity index (χ0) is 28.4. The Morgan fingerprint density at radius 2 is 1.00 bits per heavy atom. The van der Waals surface area contributed by atoms with Crippen LogP contribution >= 0.6 is 0 Å². The average Bonchev–Trinajstić information content (AvgIpc) is 2.92. The third-order valence-electron chi connectivity index (χ3n) is 7.34. The first kappa shape index (κ1) is 30.3. The molecule has 2 aromatic carbocycles. The van der Waals surface area contributed by atoms with E-state index in [0.717, 1.165) is 11.1 Å². The molecule has 1 heterocycles. The lowest BCUT2D eigenvalue weighted by molar-refractivity contribution is -0.130. The Morgan fingerprint density at radius 3 is 1.26 bits per heavy atom. The van der Waals surface area contributed by atoms with Gasteiger partial charge in [0.2, 0.25) is 26.0 Å². The van der Waals surface area contributed by atoms with Crippen LogP contribution in [0, 0.1) is 25.7 Å². The molecule has 1 fully saturated rings. The minimum atomic E-state index is -3.98. The fourth-order valence-electron chi connectivity index (χ4n) is 4.87. The van der Waals surface area contributed by atoms with Crippen molar-refractivity contribution in [2.75, 3.05) is 26.2 Å². The number of carbonyl (C=O) groups is 1. The number of carbonyl (C=O) groups excluding carboxylic acids is 1. The smallest absolute Gasteiger partial charge is 0.243 e. The van der Waals surface area contributed by atoms with Gasteiger partial charge in [-0.25, -0.2) is 16.8 Å². The average molecular weight is 564 g/mol. The van der Waals surface area contributed by atoms with E-state index in [2.05, 4.69) is 0 Å². The predicted octanol–water partition coefficient (Wildman–Crippen LogP) is 3.90. The highest BCUT2D eigenvalue weighted by molar-refractivity contribution is 7.89. The molecule has 3 rings (SSSR count). The molecule has 1 saturated heterocycles. The topological polar surface area (TPSA) is 95.1 Å². The molecule has 0 spiro atoms. The first-order chi connectivity index (χ1) is 17.7. The van der Waals surface area contributed by atoms with Crippen molar-refractivity contribution in [3.05, 3.63) is 59.7 Å². The van der Waals surface area contributed by atoms with E-state index in [1.165, 1.54) is 15.5 Å². The van der Waals surface area contributed by atoms with Gasteiger partial charge in [-0.2, -0.15) is 8.61 Å². The van der Waals surface area contributed by atoms with E-state index < -0.39 is 32.1 Å². The molecular formula is C28H41N3O5S2. The fourth-order valence-corrected chi connectivity index (χ4v) is 8.35. The van der Waals surface area contributed by atoms with Crippen LogP contribution in [0.2, 0.25) is 0 Å². The molecule has 0 N–H and O–H groups in total. The molecule has 0 radical (unpaired) electrons.